The van der Waals surface area contributed by atoms with Gasteiger partial charge in [-0.15, -0.1) is 0 Å². The van der Waals surface area contributed by atoms with E-state index in [2.05, 4.69) is 15.6 Å². The number of hydrogen-bond acceptors (Lipinski definition) is 5. The predicted molar refractivity (Wildman–Crippen MR) is 115 cm³/mol. The van der Waals surface area contributed by atoms with Gasteiger partial charge in [0.2, 0.25) is 5.91 Å². The van der Waals surface area contributed by atoms with Crippen LogP contribution in [0.15, 0.2) is 66.9 Å². The van der Waals surface area contributed by atoms with Crippen LogP contribution in [0.5, 0.6) is 11.5 Å². The monoisotopic (exact) mass is 391 g/mol. The van der Waals surface area contributed by atoms with Gasteiger partial charge in [-0.25, -0.2) is 4.98 Å². The number of nitrogens with one attached hydrogen (secondary N) is 2. The number of para-hydroxylation sites is 2. The molecule has 2 N–H and O–H groups in total. The Morgan fingerprint density at radius 2 is 1.79 bits per heavy atom. The summed E-state index contributed by atoms with van der Waals surface area (Å²) in [5, 5.41) is 6.11. The van der Waals surface area contributed by atoms with E-state index in [0.29, 0.717) is 5.82 Å². The Morgan fingerprint density at radius 3 is 2.45 bits per heavy atom. The number of aromatic nitrogens is 1. The van der Waals surface area contributed by atoms with Crippen molar-refractivity contribution in [2.75, 3.05) is 17.7 Å². The zero-order chi connectivity index (χ0) is 20.6. The van der Waals surface area contributed by atoms with E-state index < -0.39 is 0 Å². The van der Waals surface area contributed by atoms with E-state index in [9.17, 15) is 4.79 Å². The summed E-state index contributed by atoms with van der Waals surface area (Å²) in [5.74, 6) is 1.92. The maximum absolute atomic E-state index is 12.2. The number of hydrogen-bond donors (Lipinski definition) is 2. The first-order valence-corrected chi connectivity index (χ1v) is 9.45. The van der Waals surface area contributed by atoms with Gasteiger partial charge in [-0.05, 0) is 55.8 Å². The molecular weight excluding hydrogens is 366 g/mol. The minimum absolute atomic E-state index is 0.0827. The third-order valence-corrected chi connectivity index (χ3v) is 4.08. The van der Waals surface area contributed by atoms with Gasteiger partial charge >= 0.3 is 0 Å². The van der Waals surface area contributed by atoms with E-state index in [4.69, 9.17) is 9.47 Å². The molecule has 0 unspecified atom stereocenters. The van der Waals surface area contributed by atoms with Crippen LogP contribution in [0, 0.1) is 0 Å². The van der Waals surface area contributed by atoms with Crippen molar-refractivity contribution >= 4 is 23.1 Å². The number of carbonyl (C=O) groups excluding carboxylic acids is 1. The van der Waals surface area contributed by atoms with Crippen LogP contribution in [0.25, 0.3) is 0 Å². The van der Waals surface area contributed by atoms with Crippen LogP contribution in [-0.2, 0) is 11.2 Å². The number of anilines is 3. The summed E-state index contributed by atoms with van der Waals surface area (Å²) in [7, 11) is 1.61. The Morgan fingerprint density at radius 1 is 1.03 bits per heavy atom. The van der Waals surface area contributed by atoms with Gasteiger partial charge in [-0.2, -0.15) is 0 Å². The zero-order valence-electron chi connectivity index (χ0n) is 16.8. The fraction of sp³-hybridized carbons (Fsp3) is 0.217. The Balaban J connectivity index is 1.59. The maximum Gasteiger partial charge on any atom is 0.229 e. The van der Waals surface area contributed by atoms with Crippen LogP contribution >= 0.6 is 0 Å². The second-order valence-electron chi connectivity index (χ2n) is 6.79. The van der Waals surface area contributed by atoms with Gasteiger partial charge in [0, 0.05) is 0 Å². The van der Waals surface area contributed by atoms with Crippen molar-refractivity contribution in [2.45, 2.75) is 26.4 Å². The minimum atomic E-state index is -0.126. The lowest BCUT2D eigenvalue weighted by molar-refractivity contribution is -0.115. The van der Waals surface area contributed by atoms with Crippen LogP contribution in [-0.4, -0.2) is 24.1 Å². The number of benzene rings is 2. The lowest BCUT2D eigenvalue weighted by Gasteiger charge is -2.15. The number of carbonyl (C=O) groups is 1. The summed E-state index contributed by atoms with van der Waals surface area (Å²) in [5.41, 5.74) is 2.57. The molecule has 0 aliphatic heterocycles. The maximum atomic E-state index is 12.2. The highest BCUT2D eigenvalue weighted by Crippen LogP contribution is 2.28. The molecular formula is C23H25N3O3. The molecule has 6 heteroatoms. The number of nitrogens with zero attached hydrogens (tertiary/aromatic N) is 1. The Bertz CT molecular complexity index is 938. The summed E-state index contributed by atoms with van der Waals surface area (Å²) in [6.45, 7) is 3.98. The summed E-state index contributed by atoms with van der Waals surface area (Å²) in [4.78, 5) is 16.6. The third-order valence-electron chi connectivity index (χ3n) is 4.08. The molecule has 1 amide bonds. The summed E-state index contributed by atoms with van der Waals surface area (Å²) in [6.07, 6.45) is 2.03. The molecule has 0 aliphatic rings. The smallest absolute Gasteiger partial charge is 0.229 e. The number of rotatable bonds is 8. The number of methoxy groups -OCH3 is 1. The van der Waals surface area contributed by atoms with Gasteiger partial charge < -0.3 is 20.1 Å². The van der Waals surface area contributed by atoms with Gasteiger partial charge in [-0.3, -0.25) is 4.79 Å². The largest absolute Gasteiger partial charge is 0.497 e. The lowest BCUT2D eigenvalue weighted by Crippen LogP contribution is -2.15. The van der Waals surface area contributed by atoms with Crippen LogP contribution in [0.4, 0.5) is 17.2 Å². The first-order chi connectivity index (χ1) is 14.0. The highest BCUT2D eigenvalue weighted by Gasteiger charge is 2.08. The van der Waals surface area contributed by atoms with Crippen molar-refractivity contribution in [2.24, 2.45) is 0 Å². The van der Waals surface area contributed by atoms with Crippen molar-refractivity contribution < 1.29 is 14.3 Å². The van der Waals surface area contributed by atoms with Crippen molar-refractivity contribution in [1.29, 1.82) is 0 Å². The molecule has 150 valence electrons. The first kappa shape index (κ1) is 20.2. The molecule has 0 radical (unpaired) electrons. The SMILES string of the molecule is COc1ccc(CC(=O)Nc2ccc(Nc3ccccc3OC(C)C)cn2)cc1. The molecule has 0 atom stereocenters. The van der Waals surface area contributed by atoms with E-state index in [1.165, 1.54) is 0 Å². The average Bonchev–Trinajstić information content (AvgIpc) is 2.71. The molecule has 6 nitrogen and oxygen atoms in total. The van der Waals surface area contributed by atoms with E-state index >= 15 is 0 Å². The van der Waals surface area contributed by atoms with Crippen LogP contribution in [0.3, 0.4) is 0 Å². The predicted octanol–water partition coefficient (Wildman–Crippen LogP) is 4.80. The summed E-state index contributed by atoms with van der Waals surface area (Å²) in [6, 6.07) is 18.8. The number of amides is 1. The highest BCUT2D eigenvalue weighted by atomic mass is 16.5. The molecule has 1 heterocycles. The Labute approximate surface area is 170 Å². The third kappa shape index (κ3) is 5.97. The van der Waals surface area contributed by atoms with Crippen LogP contribution < -0.4 is 20.1 Å². The van der Waals surface area contributed by atoms with E-state index in [-0.39, 0.29) is 18.4 Å². The molecule has 2 aromatic carbocycles. The second-order valence-corrected chi connectivity index (χ2v) is 6.79. The van der Waals surface area contributed by atoms with Gasteiger partial charge in [0.15, 0.2) is 0 Å². The standard InChI is InChI=1S/C23H25N3O3/c1-16(2)29-21-7-5-4-6-20(21)25-18-10-13-22(24-15-18)26-23(27)14-17-8-11-19(28-3)12-9-17/h4-13,15-16,25H,14H2,1-3H3,(H,24,26,27). The summed E-state index contributed by atoms with van der Waals surface area (Å²) < 4.78 is 10.9. The minimum Gasteiger partial charge on any atom is -0.497 e. The molecule has 0 saturated heterocycles. The molecule has 0 aliphatic carbocycles. The first-order valence-electron chi connectivity index (χ1n) is 9.45. The molecule has 3 aromatic rings. The van der Waals surface area contributed by atoms with Gasteiger partial charge in [0.25, 0.3) is 0 Å². The fourth-order valence-electron chi connectivity index (χ4n) is 2.74. The molecule has 3 rings (SSSR count). The van der Waals surface area contributed by atoms with E-state index in [1.807, 2.05) is 68.4 Å². The fourth-order valence-corrected chi connectivity index (χ4v) is 2.74. The number of ether oxygens (including phenoxy) is 2. The highest BCUT2D eigenvalue weighted by molar-refractivity contribution is 5.91. The molecule has 0 bridgehead atoms. The molecule has 0 spiro atoms. The van der Waals surface area contributed by atoms with Crippen molar-refractivity contribution in [3.8, 4) is 11.5 Å². The molecule has 29 heavy (non-hydrogen) atoms. The van der Waals surface area contributed by atoms with Crippen molar-refractivity contribution in [1.82, 2.24) is 4.98 Å². The zero-order valence-corrected chi connectivity index (χ0v) is 16.8. The normalized spacial score (nSPS) is 10.5. The van der Waals surface area contributed by atoms with E-state index in [0.717, 1.165) is 28.4 Å². The van der Waals surface area contributed by atoms with Crippen LogP contribution in [0.2, 0.25) is 0 Å². The van der Waals surface area contributed by atoms with Crippen molar-refractivity contribution in [3.05, 3.63) is 72.4 Å². The number of pyridine rings is 1. The van der Waals surface area contributed by atoms with Gasteiger partial charge in [-0.1, -0.05) is 24.3 Å². The topological polar surface area (TPSA) is 72.5 Å². The summed E-state index contributed by atoms with van der Waals surface area (Å²) >= 11 is 0. The van der Waals surface area contributed by atoms with Gasteiger partial charge in [0.05, 0.1) is 37.2 Å². The van der Waals surface area contributed by atoms with Crippen molar-refractivity contribution in [3.63, 3.8) is 0 Å². The Kier molecular flexibility index (Phi) is 6.68. The lowest BCUT2D eigenvalue weighted by atomic mass is 10.1. The Hall–Kier alpha value is -3.54. The second kappa shape index (κ2) is 9.59. The molecule has 0 fully saturated rings. The van der Waals surface area contributed by atoms with E-state index in [1.54, 1.807) is 19.4 Å². The van der Waals surface area contributed by atoms with Gasteiger partial charge in [0.1, 0.15) is 17.3 Å². The molecule has 1 aromatic heterocycles. The average molecular weight is 391 g/mol. The quantitative estimate of drug-likeness (QED) is 0.577. The molecule has 0 saturated carbocycles. The van der Waals surface area contributed by atoms with Crippen LogP contribution in [0.1, 0.15) is 19.4 Å².